The van der Waals surface area contributed by atoms with Crippen LogP contribution >= 0.6 is 0 Å². The van der Waals surface area contributed by atoms with Crippen molar-refractivity contribution in [3.63, 3.8) is 0 Å². The Morgan fingerprint density at radius 2 is 1.08 bits per heavy atom. The number of anilines is 2. The summed E-state index contributed by atoms with van der Waals surface area (Å²) in [5.74, 6) is 0. The highest BCUT2D eigenvalue weighted by Crippen LogP contribution is 2.14. The highest BCUT2D eigenvalue weighted by atomic mass is 14.9. The molecule has 2 aromatic carbocycles. The molecule has 0 saturated carbocycles. The monoisotopic (exact) mass is 355 g/mol. The molecule has 144 valence electrons. The summed E-state index contributed by atoms with van der Waals surface area (Å²) in [6, 6.07) is 21.5. The van der Waals surface area contributed by atoms with E-state index >= 15 is 0 Å². The van der Waals surface area contributed by atoms with Crippen LogP contribution < -0.4 is 16.0 Å². The van der Waals surface area contributed by atoms with Gasteiger partial charge in [-0.1, -0.05) is 70.5 Å². The van der Waals surface area contributed by atoms with Crippen LogP contribution in [0, 0.1) is 0 Å². The maximum atomic E-state index is 3.31. The van der Waals surface area contributed by atoms with Crippen LogP contribution in [-0.2, 0) is 0 Å². The molecule has 1 fully saturated rings. The van der Waals surface area contributed by atoms with Crippen LogP contribution in [0.15, 0.2) is 60.7 Å². The molecule has 0 amide bonds. The van der Waals surface area contributed by atoms with Gasteiger partial charge in [-0.25, -0.2) is 0 Å². The Morgan fingerprint density at radius 3 is 1.31 bits per heavy atom. The van der Waals surface area contributed by atoms with E-state index in [9.17, 15) is 0 Å². The number of rotatable bonds is 4. The van der Waals surface area contributed by atoms with Gasteiger partial charge in [0.15, 0.2) is 0 Å². The molecule has 2 aromatic rings. The molecule has 0 atom stereocenters. The molecular weight excluding hydrogens is 318 g/mol. The van der Waals surface area contributed by atoms with Gasteiger partial charge in [-0.2, -0.15) is 0 Å². The minimum atomic E-state index is 0.625. The van der Waals surface area contributed by atoms with Gasteiger partial charge in [-0.15, -0.1) is 0 Å². The van der Waals surface area contributed by atoms with Crippen molar-refractivity contribution in [3.05, 3.63) is 60.7 Å². The quantitative estimate of drug-likeness (QED) is 0.670. The van der Waals surface area contributed by atoms with E-state index in [0.29, 0.717) is 12.1 Å². The Hall–Kier alpha value is -1.84. The minimum Gasteiger partial charge on any atom is -0.356 e. The molecule has 3 N–H and O–H groups in total. The van der Waals surface area contributed by atoms with E-state index in [1.165, 1.54) is 32.4 Å². The number of hydrogen-bond donors (Lipinski definition) is 3. The molecule has 3 heteroatoms. The van der Waals surface area contributed by atoms with Gasteiger partial charge in [0.25, 0.3) is 0 Å². The van der Waals surface area contributed by atoms with Crippen molar-refractivity contribution in [2.24, 2.45) is 0 Å². The highest BCUT2D eigenvalue weighted by Gasteiger charge is 1.94. The zero-order valence-electron chi connectivity index (χ0n) is 17.0. The Bertz CT molecular complexity index is 479. The zero-order chi connectivity index (χ0) is 19.0. The van der Waals surface area contributed by atoms with E-state index in [1.807, 2.05) is 60.7 Å². The van der Waals surface area contributed by atoms with E-state index in [0.717, 1.165) is 11.4 Å². The molecule has 0 unspecified atom stereocenters. The third-order valence-electron chi connectivity index (χ3n) is 3.71. The first-order valence-corrected chi connectivity index (χ1v) is 9.92. The Balaban J connectivity index is 0.000000220. The fourth-order valence-electron chi connectivity index (χ4n) is 2.68. The highest BCUT2D eigenvalue weighted by molar-refractivity contribution is 5.58. The van der Waals surface area contributed by atoms with E-state index in [1.54, 1.807) is 0 Å². The number of nitrogens with one attached hydrogen (secondary N) is 3. The van der Waals surface area contributed by atoms with Gasteiger partial charge >= 0.3 is 0 Å². The van der Waals surface area contributed by atoms with Crippen LogP contribution in [0.2, 0.25) is 0 Å². The number of piperidine rings is 1. The standard InChI is InChI=1S/C12H11N.C6H15N.C5H11N/c1-3-7-11(8-4-1)13-12-9-5-2-6-10-12;1-5(2)7-6(3)4;1-2-4-6-5-3-1/h1-10,13H;5-7H,1-4H3;6H,1-5H2. The second kappa shape index (κ2) is 14.3. The fraction of sp³-hybridized carbons (Fsp3) is 0.478. The first kappa shape index (κ1) is 22.2. The molecule has 1 aliphatic rings. The largest absolute Gasteiger partial charge is 0.356 e. The van der Waals surface area contributed by atoms with E-state index < -0.39 is 0 Å². The molecule has 0 aliphatic carbocycles. The maximum absolute atomic E-state index is 3.31. The minimum absolute atomic E-state index is 0.625. The summed E-state index contributed by atoms with van der Waals surface area (Å²) in [4.78, 5) is 0. The Labute approximate surface area is 160 Å². The molecule has 0 radical (unpaired) electrons. The summed E-state index contributed by atoms with van der Waals surface area (Å²) >= 11 is 0. The lowest BCUT2D eigenvalue weighted by molar-refractivity contribution is 0.518. The number of benzene rings is 2. The van der Waals surface area contributed by atoms with E-state index in [-0.39, 0.29) is 0 Å². The fourth-order valence-corrected chi connectivity index (χ4v) is 2.68. The molecule has 26 heavy (non-hydrogen) atoms. The molecule has 0 aromatic heterocycles. The lowest BCUT2D eigenvalue weighted by Crippen LogP contribution is -2.29. The topological polar surface area (TPSA) is 36.1 Å². The molecule has 3 rings (SSSR count). The van der Waals surface area contributed by atoms with Gasteiger partial charge in [-0.05, 0) is 50.2 Å². The summed E-state index contributed by atoms with van der Waals surface area (Å²) in [5.41, 5.74) is 2.24. The van der Waals surface area contributed by atoms with Crippen LogP contribution in [0.25, 0.3) is 0 Å². The SMILES string of the molecule is C1CCNCC1.CC(C)NC(C)C.c1ccc(Nc2ccccc2)cc1. The normalized spacial score (nSPS) is 13.3. The smallest absolute Gasteiger partial charge is 0.0384 e. The molecule has 1 saturated heterocycles. The first-order chi connectivity index (χ1) is 12.6. The third kappa shape index (κ3) is 12.5. The molecule has 0 spiro atoms. The van der Waals surface area contributed by atoms with Crippen molar-refractivity contribution in [1.82, 2.24) is 10.6 Å². The van der Waals surface area contributed by atoms with Gasteiger partial charge in [0.2, 0.25) is 0 Å². The molecule has 0 bridgehead atoms. The van der Waals surface area contributed by atoms with Gasteiger partial charge in [0.05, 0.1) is 0 Å². The van der Waals surface area contributed by atoms with Crippen molar-refractivity contribution in [3.8, 4) is 0 Å². The van der Waals surface area contributed by atoms with Gasteiger partial charge in [-0.3, -0.25) is 0 Å². The van der Waals surface area contributed by atoms with Gasteiger partial charge < -0.3 is 16.0 Å². The zero-order valence-corrected chi connectivity index (χ0v) is 17.0. The van der Waals surface area contributed by atoms with Gasteiger partial charge in [0.1, 0.15) is 0 Å². The van der Waals surface area contributed by atoms with Crippen LogP contribution in [-0.4, -0.2) is 25.2 Å². The summed E-state index contributed by atoms with van der Waals surface area (Å²) in [7, 11) is 0. The van der Waals surface area contributed by atoms with E-state index in [2.05, 4.69) is 43.6 Å². The van der Waals surface area contributed by atoms with Crippen molar-refractivity contribution in [2.45, 2.75) is 59.0 Å². The summed E-state index contributed by atoms with van der Waals surface area (Å²) in [6.45, 7) is 11.1. The van der Waals surface area contributed by atoms with Crippen molar-refractivity contribution >= 4 is 11.4 Å². The lowest BCUT2D eigenvalue weighted by atomic mass is 10.2. The van der Waals surface area contributed by atoms with Crippen LogP contribution in [0.1, 0.15) is 47.0 Å². The molecule has 3 nitrogen and oxygen atoms in total. The first-order valence-electron chi connectivity index (χ1n) is 9.92. The average Bonchev–Trinajstić information content (AvgIpc) is 2.65. The molecule has 1 heterocycles. The van der Waals surface area contributed by atoms with Crippen LogP contribution in [0.5, 0.6) is 0 Å². The lowest BCUT2D eigenvalue weighted by Gasteiger charge is -2.10. The summed E-state index contributed by atoms with van der Waals surface area (Å²) < 4.78 is 0. The predicted molar refractivity (Wildman–Crippen MR) is 116 cm³/mol. The Morgan fingerprint density at radius 1 is 0.654 bits per heavy atom. The van der Waals surface area contributed by atoms with Gasteiger partial charge in [0, 0.05) is 23.5 Å². The third-order valence-corrected chi connectivity index (χ3v) is 3.71. The van der Waals surface area contributed by atoms with Crippen LogP contribution in [0.4, 0.5) is 11.4 Å². The Kier molecular flexibility index (Phi) is 12.2. The van der Waals surface area contributed by atoms with Crippen LogP contribution in [0.3, 0.4) is 0 Å². The van der Waals surface area contributed by atoms with E-state index in [4.69, 9.17) is 0 Å². The predicted octanol–water partition coefficient (Wildman–Crippen LogP) is 5.58. The maximum Gasteiger partial charge on any atom is 0.0384 e. The number of para-hydroxylation sites is 2. The average molecular weight is 356 g/mol. The molecular formula is C23H37N3. The van der Waals surface area contributed by atoms with Crippen molar-refractivity contribution in [2.75, 3.05) is 18.4 Å². The summed E-state index contributed by atoms with van der Waals surface area (Å²) in [6.07, 6.45) is 4.22. The van der Waals surface area contributed by atoms with Crippen molar-refractivity contribution in [1.29, 1.82) is 0 Å². The molecule has 1 aliphatic heterocycles. The second-order valence-electron chi connectivity index (χ2n) is 7.14. The second-order valence-corrected chi connectivity index (χ2v) is 7.14. The summed E-state index contributed by atoms with van der Waals surface area (Å²) in [5, 5.41) is 9.89. The number of hydrogen-bond acceptors (Lipinski definition) is 3. The van der Waals surface area contributed by atoms with Crippen molar-refractivity contribution < 1.29 is 0 Å².